The summed E-state index contributed by atoms with van der Waals surface area (Å²) in [4.78, 5) is 22.8. The Morgan fingerprint density at radius 2 is 2.00 bits per heavy atom. The lowest BCUT2D eigenvalue weighted by atomic mass is 9.87. The first-order valence-corrected chi connectivity index (χ1v) is 5.69. The maximum atomic E-state index is 11.6. The molecule has 3 N–H and O–H groups in total. The normalized spacial score (nSPS) is 14.0. The van der Waals surface area contributed by atoms with E-state index in [0.29, 0.717) is 0 Å². The van der Waals surface area contributed by atoms with Gasteiger partial charge in [0.2, 0.25) is 0 Å². The molecule has 0 aromatic rings. The smallest absolute Gasteiger partial charge is 0.335 e. The lowest BCUT2D eigenvalue weighted by molar-refractivity contribution is -0.138. The van der Waals surface area contributed by atoms with Crippen LogP contribution in [-0.2, 0) is 14.3 Å². The number of hydrogen-bond donors (Lipinski definition) is 3. The van der Waals surface area contributed by atoms with Crippen LogP contribution >= 0.6 is 0 Å². The number of carbonyl (C=O) groups is 2. The Kier molecular flexibility index (Phi) is 6.57. The Balaban J connectivity index is 4.50. The van der Waals surface area contributed by atoms with Gasteiger partial charge in [0.15, 0.2) is 0 Å². The fraction of sp³-hybridized carbons (Fsp3) is 0.667. The lowest BCUT2D eigenvalue weighted by Gasteiger charge is -2.26. The monoisotopic (exact) mass is 259 g/mol. The van der Waals surface area contributed by atoms with Crippen LogP contribution in [0.25, 0.3) is 0 Å². The highest BCUT2D eigenvalue weighted by molar-refractivity contribution is 5.89. The topological polar surface area (TPSA) is 95.9 Å². The van der Waals surface area contributed by atoms with Crippen molar-refractivity contribution in [3.05, 3.63) is 11.8 Å². The molecular weight excluding hydrogens is 238 g/mol. The molecule has 0 heterocycles. The van der Waals surface area contributed by atoms with E-state index in [1.165, 1.54) is 13.1 Å². The quantitative estimate of drug-likeness (QED) is 0.459. The first-order valence-electron chi connectivity index (χ1n) is 5.69. The summed E-state index contributed by atoms with van der Waals surface area (Å²) in [6.07, 6.45) is -0.189. The van der Waals surface area contributed by atoms with Crippen LogP contribution in [0.4, 0.5) is 0 Å². The van der Waals surface area contributed by atoms with Gasteiger partial charge in [-0.1, -0.05) is 13.8 Å². The summed E-state index contributed by atoms with van der Waals surface area (Å²) in [6, 6.07) is 0. The fourth-order valence-corrected chi connectivity index (χ4v) is 1.00. The van der Waals surface area contributed by atoms with Crippen LogP contribution in [0.15, 0.2) is 11.8 Å². The van der Waals surface area contributed by atoms with Crippen LogP contribution in [0.2, 0.25) is 0 Å². The highest BCUT2D eigenvalue weighted by atomic mass is 16.5. The van der Waals surface area contributed by atoms with Crippen molar-refractivity contribution in [1.82, 2.24) is 5.32 Å². The maximum Gasteiger partial charge on any atom is 0.335 e. The Hall–Kier alpha value is -1.40. The minimum atomic E-state index is -1.37. The molecule has 0 bridgehead atoms. The van der Waals surface area contributed by atoms with Crippen LogP contribution in [-0.4, -0.2) is 41.4 Å². The average molecular weight is 259 g/mol. The maximum absolute atomic E-state index is 11.6. The number of nitrogens with one attached hydrogen (secondary N) is 1. The van der Waals surface area contributed by atoms with Crippen molar-refractivity contribution in [3.8, 4) is 0 Å². The molecule has 0 saturated heterocycles. The van der Waals surface area contributed by atoms with E-state index in [1.807, 2.05) is 0 Å². The highest BCUT2D eigenvalue weighted by Crippen LogP contribution is 2.19. The molecule has 0 saturated carbocycles. The first-order chi connectivity index (χ1) is 8.26. The molecule has 0 rings (SSSR count). The zero-order chi connectivity index (χ0) is 14.3. The summed E-state index contributed by atoms with van der Waals surface area (Å²) in [5, 5.41) is 21.0. The van der Waals surface area contributed by atoms with Gasteiger partial charge in [0.1, 0.15) is 6.10 Å². The number of carbonyl (C=O) groups excluding carboxylic acids is 2. The fourth-order valence-electron chi connectivity index (χ4n) is 1.00. The molecule has 18 heavy (non-hydrogen) atoms. The average Bonchev–Trinajstić information content (AvgIpc) is 2.34. The number of aliphatic hydroxyl groups excluding tert-OH is 2. The van der Waals surface area contributed by atoms with Crippen LogP contribution < -0.4 is 5.32 Å². The second-order valence-corrected chi connectivity index (χ2v) is 4.61. The SMILES string of the molecule is CCOC(=O)/C(C)=C/NC(=O)[C@H](O)C(C)(C)CO. The minimum absolute atomic E-state index is 0.221. The van der Waals surface area contributed by atoms with E-state index in [0.717, 1.165) is 0 Å². The van der Waals surface area contributed by atoms with E-state index in [2.05, 4.69) is 5.32 Å². The number of aliphatic hydroxyl groups is 2. The standard InChI is InChI=1S/C12H21NO5/c1-5-18-11(17)8(2)6-13-10(16)9(15)12(3,4)7-14/h6,9,14-15H,5,7H2,1-4H3,(H,13,16)/b8-6+/t9-/m0/s1. The summed E-state index contributed by atoms with van der Waals surface area (Å²) in [5.41, 5.74) is -0.727. The number of ether oxygens (including phenoxy) is 1. The van der Waals surface area contributed by atoms with E-state index >= 15 is 0 Å². The van der Waals surface area contributed by atoms with Gasteiger partial charge in [0.05, 0.1) is 18.8 Å². The van der Waals surface area contributed by atoms with Crippen molar-refractivity contribution in [2.75, 3.05) is 13.2 Å². The second kappa shape index (κ2) is 7.13. The molecular formula is C12H21NO5. The van der Waals surface area contributed by atoms with Crippen LogP contribution in [0.3, 0.4) is 0 Å². The highest BCUT2D eigenvalue weighted by Gasteiger charge is 2.32. The molecule has 0 aliphatic heterocycles. The molecule has 0 fully saturated rings. The molecule has 0 unspecified atom stereocenters. The summed E-state index contributed by atoms with van der Waals surface area (Å²) in [5.74, 6) is -1.22. The van der Waals surface area contributed by atoms with Gasteiger partial charge in [-0.3, -0.25) is 4.79 Å². The van der Waals surface area contributed by atoms with E-state index in [9.17, 15) is 14.7 Å². The van der Waals surface area contributed by atoms with Crippen molar-refractivity contribution < 1.29 is 24.5 Å². The summed E-state index contributed by atoms with van der Waals surface area (Å²) in [7, 11) is 0. The molecule has 0 aliphatic rings. The Morgan fingerprint density at radius 3 is 2.44 bits per heavy atom. The summed E-state index contributed by atoms with van der Waals surface area (Å²) in [6.45, 7) is 6.19. The van der Waals surface area contributed by atoms with Crippen molar-refractivity contribution in [2.24, 2.45) is 5.41 Å². The lowest BCUT2D eigenvalue weighted by Crippen LogP contribution is -2.44. The Bertz CT molecular complexity index is 335. The molecule has 0 aromatic carbocycles. The number of esters is 1. The van der Waals surface area contributed by atoms with Crippen LogP contribution in [0.1, 0.15) is 27.7 Å². The first kappa shape index (κ1) is 16.6. The van der Waals surface area contributed by atoms with Gasteiger partial charge < -0.3 is 20.3 Å². The van der Waals surface area contributed by atoms with Crippen molar-refractivity contribution in [2.45, 2.75) is 33.8 Å². The van der Waals surface area contributed by atoms with Crippen molar-refractivity contribution in [3.63, 3.8) is 0 Å². The molecule has 0 spiro atoms. The predicted molar refractivity (Wildman–Crippen MR) is 65.4 cm³/mol. The zero-order valence-electron chi connectivity index (χ0n) is 11.2. The Morgan fingerprint density at radius 1 is 1.44 bits per heavy atom. The second-order valence-electron chi connectivity index (χ2n) is 4.61. The number of rotatable bonds is 6. The van der Waals surface area contributed by atoms with Crippen molar-refractivity contribution in [1.29, 1.82) is 0 Å². The van der Waals surface area contributed by atoms with E-state index in [4.69, 9.17) is 9.84 Å². The third-order valence-corrected chi connectivity index (χ3v) is 2.42. The third-order valence-electron chi connectivity index (χ3n) is 2.42. The van der Waals surface area contributed by atoms with E-state index < -0.39 is 23.4 Å². The third kappa shape index (κ3) is 4.85. The molecule has 0 radical (unpaired) electrons. The summed E-state index contributed by atoms with van der Waals surface area (Å²) < 4.78 is 4.72. The van der Waals surface area contributed by atoms with Gasteiger partial charge >= 0.3 is 5.97 Å². The van der Waals surface area contributed by atoms with Gasteiger partial charge in [0.25, 0.3) is 5.91 Å². The number of amides is 1. The van der Waals surface area contributed by atoms with Crippen LogP contribution in [0.5, 0.6) is 0 Å². The predicted octanol–water partition coefficient (Wildman–Crippen LogP) is -0.0511. The molecule has 104 valence electrons. The van der Waals surface area contributed by atoms with Gasteiger partial charge in [-0.05, 0) is 13.8 Å². The molecule has 0 aromatic heterocycles. The van der Waals surface area contributed by atoms with Gasteiger partial charge in [0, 0.05) is 11.6 Å². The van der Waals surface area contributed by atoms with E-state index in [-0.39, 0.29) is 18.8 Å². The molecule has 6 nitrogen and oxygen atoms in total. The molecule has 1 amide bonds. The number of hydrogen-bond acceptors (Lipinski definition) is 5. The molecule has 0 aliphatic carbocycles. The van der Waals surface area contributed by atoms with Crippen LogP contribution in [0, 0.1) is 5.41 Å². The summed E-state index contributed by atoms with van der Waals surface area (Å²) >= 11 is 0. The van der Waals surface area contributed by atoms with Gasteiger partial charge in [-0.15, -0.1) is 0 Å². The van der Waals surface area contributed by atoms with Gasteiger partial charge in [-0.25, -0.2) is 4.79 Å². The minimum Gasteiger partial charge on any atom is -0.463 e. The van der Waals surface area contributed by atoms with E-state index in [1.54, 1.807) is 20.8 Å². The zero-order valence-corrected chi connectivity index (χ0v) is 11.2. The Labute approximate surface area is 107 Å². The largest absolute Gasteiger partial charge is 0.463 e. The molecule has 1 atom stereocenters. The van der Waals surface area contributed by atoms with Gasteiger partial charge in [-0.2, -0.15) is 0 Å². The van der Waals surface area contributed by atoms with Crippen molar-refractivity contribution >= 4 is 11.9 Å². The molecule has 6 heteroatoms.